The van der Waals surface area contributed by atoms with Crippen molar-refractivity contribution < 1.29 is 23.9 Å². The number of methoxy groups -OCH3 is 1. The fourth-order valence-electron chi connectivity index (χ4n) is 1.50. The lowest BCUT2D eigenvalue weighted by molar-refractivity contribution is -0.155. The van der Waals surface area contributed by atoms with Gasteiger partial charge in [-0.15, -0.1) is 0 Å². The first-order valence-corrected chi connectivity index (χ1v) is 6.32. The summed E-state index contributed by atoms with van der Waals surface area (Å²) in [6.07, 6.45) is -0.144. The molecule has 1 atom stereocenters. The lowest BCUT2D eigenvalue weighted by Gasteiger charge is -2.15. The number of esters is 2. The Labute approximate surface area is 118 Å². The normalized spacial score (nSPS) is 11.7. The molecule has 0 amide bonds. The molecule has 0 saturated carbocycles. The maximum absolute atomic E-state index is 11.5. The van der Waals surface area contributed by atoms with Crippen molar-refractivity contribution in [2.75, 3.05) is 13.7 Å². The fourth-order valence-corrected chi connectivity index (χ4v) is 1.50. The summed E-state index contributed by atoms with van der Waals surface area (Å²) >= 11 is 0. The molecule has 1 N–H and O–H groups in total. The van der Waals surface area contributed by atoms with Crippen molar-refractivity contribution >= 4 is 11.9 Å². The Bertz CT molecular complexity index is 421. The van der Waals surface area contributed by atoms with E-state index in [4.69, 9.17) is 9.57 Å². The standard InChI is InChI=1S/C14H19NO5/c1-3-19-13(16)9-12(14(17)18-2)15-20-10-11-7-5-4-6-8-11/h4-8,12,15H,3,9-10H2,1-2H3. The van der Waals surface area contributed by atoms with Crippen LogP contribution in [0.3, 0.4) is 0 Å². The molecular weight excluding hydrogens is 262 g/mol. The quantitative estimate of drug-likeness (QED) is 0.570. The zero-order valence-electron chi connectivity index (χ0n) is 11.6. The highest BCUT2D eigenvalue weighted by Gasteiger charge is 2.23. The Hall–Kier alpha value is -1.92. The first-order valence-electron chi connectivity index (χ1n) is 6.32. The van der Waals surface area contributed by atoms with Crippen molar-refractivity contribution in [1.82, 2.24) is 5.48 Å². The Morgan fingerprint density at radius 3 is 2.55 bits per heavy atom. The number of carbonyl (C=O) groups excluding carboxylic acids is 2. The van der Waals surface area contributed by atoms with Gasteiger partial charge in [0.25, 0.3) is 0 Å². The predicted molar refractivity (Wildman–Crippen MR) is 71.4 cm³/mol. The molecule has 0 aliphatic rings. The molecular formula is C14H19NO5. The second-order valence-corrected chi connectivity index (χ2v) is 3.98. The lowest BCUT2D eigenvalue weighted by Crippen LogP contribution is -2.39. The zero-order valence-corrected chi connectivity index (χ0v) is 11.6. The van der Waals surface area contributed by atoms with E-state index in [-0.39, 0.29) is 19.6 Å². The Balaban J connectivity index is 2.44. The number of rotatable bonds is 8. The Morgan fingerprint density at radius 2 is 1.95 bits per heavy atom. The van der Waals surface area contributed by atoms with E-state index in [1.165, 1.54) is 7.11 Å². The van der Waals surface area contributed by atoms with E-state index >= 15 is 0 Å². The van der Waals surface area contributed by atoms with Crippen molar-refractivity contribution in [3.05, 3.63) is 35.9 Å². The molecule has 0 saturated heterocycles. The third-order valence-electron chi connectivity index (χ3n) is 2.47. The highest BCUT2D eigenvalue weighted by Crippen LogP contribution is 2.02. The second kappa shape index (κ2) is 9.06. The van der Waals surface area contributed by atoms with Crippen LogP contribution >= 0.6 is 0 Å². The number of carbonyl (C=O) groups is 2. The van der Waals surface area contributed by atoms with E-state index in [2.05, 4.69) is 10.2 Å². The highest BCUT2D eigenvalue weighted by atomic mass is 16.6. The molecule has 1 aromatic rings. The van der Waals surface area contributed by atoms with Gasteiger partial charge < -0.3 is 9.47 Å². The zero-order chi connectivity index (χ0) is 14.8. The van der Waals surface area contributed by atoms with E-state index in [0.29, 0.717) is 0 Å². The minimum Gasteiger partial charge on any atom is -0.468 e. The van der Waals surface area contributed by atoms with E-state index in [1.807, 2.05) is 30.3 Å². The summed E-state index contributed by atoms with van der Waals surface area (Å²) in [6.45, 7) is 2.24. The van der Waals surface area contributed by atoms with Crippen LogP contribution in [0.2, 0.25) is 0 Å². The van der Waals surface area contributed by atoms with Gasteiger partial charge in [-0.05, 0) is 12.5 Å². The summed E-state index contributed by atoms with van der Waals surface area (Å²) < 4.78 is 9.39. The van der Waals surface area contributed by atoms with Gasteiger partial charge in [-0.25, -0.2) is 0 Å². The second-order valence-electron chi connectivity index (χ2n) is 3.98. The average molecular weight is 281 g/mol. The molecule has 110 valence electrons. The summed E-state index contributed by atoms with van der Waals surface area (Å²) in [7, 11) is 1.25. The summed E-state index contributed by atoms with van der Waals surface area (Å²) in [4.78, 5) is 28.1. The Kier molecular flexibility index (Phi) is 7.31. The molecule has 6 heteroatoms. The lowest BCUT2D eigenvalue weighted by atomic mass is 10.2. The molecule has 0 bridgehead atoms. The number of hydrogen-bond acceptors (Lipinski definition) is 6. The molecule has 1 unspecified atom stereocenters. The van der Waals surface area contributed by atoms with Crippen LogP contribution < -0.4 is 5.48 Å². The van der Waals surface area contributed by atoms with Gasteiger partial charge in [-0.1, -0.05) is 30.3 Å². The van der Waals surface area contributed by atoms with Crippen molar-refractivity contribution in [2.24, 2.45) is 0 Å². The number of hydrogen-bond donors (Lipinski definition) is 1. The van der Waals surface area contributed by atoms with Crippen molar-refractivity contribution in [3.63, 3.8) is 0 Å². The van der Waals surface area contributed by atoms with Gasteiger partial charge in [-0.2, -0.15) is 5.48 Å². The van der Waals surface area contributed by atoms with Crippen LogP contribution in [0.15, 0.2) is 30.3 Å². The number of nitrogens with one attached hydrogen (secondary N) is 1. The molecule has 0 heterocycles. The highest BCUT2D eigenvalue weighted by molar-refractivity contribution is 5.82. The minimum atomic E-state index is -0.886. The molecule has 0 aliphatic heterocycles. The summed E-state index contributed by atoms with van der Waals surface area (Å²) in [5.41, 5.74) is 3.48. The SMILES string of the molecule is CCOC(=O)CC(NOCc1ccccc1)C(=O)OC. The molecule has 0 aliphatic carbocycles. The van der Waals surface area contributed by atoms with Crippen LogP contribution in [0.5, 0.6) is 0 Å². The van der Waals surface area contributed by atoms with Gasteiger partial charge in [0.15, 0.2) is 0 Å². The van der Waals surface area contributed by atoms with Crippen molar-refractivity contribution in [2.45, 2.75) is 26.0 Å². The third-order valence-corrected chi connectivity index (χ3v) is 2.47. The smallest absolute Gasteiger partial charge is 0.325 e. The van der Waals surface area contributed by atoms with Crippen LogP contribution in [-0.4, -0.2) is 31.7 Å². The van der Waals surface area contributed by atoms with E-state index in [0.717, 1.165) is 5.56 Å². The average Bonchev–Trinajstić information content (AvgIpc) is 2.46. The molecule has 0 aromatic heterocycles. The van der Waals surface area contributed by atoms with Gasteiger partial charge in [0.2, 0.25) is 0 Å². The molecule has 0 radical (unpaired) electrons. The van der Waals surface area contributed by atoms with Crippen LogP contribution in [0.1, 0.15) is 18.9 Å². The maximum atomic E-state index is 11.5. The minimum absolute atomic E-state index is 0.144. The first-order chi connectivity index (χ1) is 9.67. The predicted octanol–water partition coefficient (Wildman–Crippen LogP) is 1.20. The monoisotopic (exact) mass is 281 g/mol. The van der Waals surface area contributed by atoms with Crippen LogP contribution in [0, 0.1) is 0 Å². The molecule has 1 aromatic carbocycles. The first kappa shape index (κ1) is 16.1. The van der Waals surface area contributed by atoms with Crippen LogP contribution in [-0.2, 0) is 30.5 Å². The Morgan fingerprint density at radius 1 is 1.25 bits per heavy atom. The number of benzene rings is 1. The third kappa shape index (κ3) is 5.81. The number of hydroxylamine groups is 1. The van der Waals surface area contributed by atoms with Gasteiger partial charge in [0, 0.05) is 0 Å². The van der Waals surface area contributed by atoms with E-state index < -0.39 is 18.0 Å². The van der Waals surface area contributed by atoms with Gasteiger partial charge in [-0.3, -0.25) is 14.4 Å². The molecule has 1 rings (SSSR count). The molecule has 0 spiro atoms. The van der Waals surface area contributed by atoms with E-state index in [9.17, 15) is 9.59 Å². The van der Waals surface area contributed by atoms with Crippen LogP contribution in [0.4, 0.5) is 0 Å². The van der Waals surface area contributed by atoms with Gasteiger partial charge in [0.05, 0.1) is 26.7 Å². The largest absolute Gasteiger partial charge is 0.468 e. The van der Waals surface area contributed by atoms with Crippen LogP contribution in [0.25, 0.3) is 0 Å². The molecule has 6 nitrogen and oxygen atoms in total. The number of ether oxygens (including phenoxy) is 2. The summed E-state index contributed by atoms with van der Waals surface area (Å²) in [5.74, 6) is -1.06. The molecule has 0 fully saturated rings. The fraction of sp³-hybridized carbons (Fsp3) is 0.429. The van der Waals surface area contributed by atoms with Gasteiger partial charge in [0.1, 0.15) is 6.04 Å². The summed E-state index contributed by atoms with van der Waals surface area (Å²) in [6, 6.07) is 8.56. The molecule has 20 heavy (non-hydrogen) atoms. The summed E-state index contributed by atoms with van der Waals surface area (Å²) in [5, 5.41) is 0. The topological polar surface area (TPSA) is 73.9 Å². The van der Waals surface area contributed by atoms with Gasteiger partial charge >= 0.3 is 11.9 Å². The van der Waals surface area contributed by atoms with Crippen molar-refractivity contribution in [1.29, 1.82) is 0 Å². The maximum Gasteiger partial charge on any atom is 0.325 e. The van der Waals surface area contributed by atoms with Crippen molar-refractivity contribution in [3.8, 4) is 0 Å². The van der Waals surface area contributed by atoms with E-state index in [1.54, 1.807) is 6.92 Å².